The van der Waals surface area contributed by atoms with Crippen LogP contribution in [-0.2, 0) is 14.3 Å². The molecule has 0 saturated heterocycles. The summed E-state index contributed by atoms with van der Waals surface area (Å²) in [6.07, 6.45) is 13.0. The quantitative estimate of drug-likeness (QED) is 0.390. The number of halogens is 1. The molecule has 6 nitrogen and oxygen atoms in total. The van der Waals surface area contributed by atoms with E-state index >= 15 is 0 Å². The van der Waals surface area contributed by atoms with Gasteiger partial charge < -0.3 is 15.2 Å². The van der Waals surface area contributed by atoms with Crippen molar-refractivity contribution in [2.24, 2.45) is 4.99 Å². The monoisotopic (exact) mass is 442 g/mol. The number of methoxy groups -OCH3 is 1. The van der Waals surface area contributed by atoms with Crippen LogP contribution in [0, 0.1) is 12.3 Å². The number of terminal acetylenes is 1. The molecule has 0 spiro atoms. The first-order valence-electron chi connectivity index (χ1n) is 10.1. The molecule has 164 valence electrons. The average Bonchev–Trinajstić information content (AvgIpc) is 2.75. The first-order chi connectivity index (χ1) is 15.0. The standard InChI is InChI=1S/C24H27ClN2O4/c1-3-4-7-18(15-26-16-31-2)20-12-11-19(14-22(20)25)27-24(30)21-9-6-5-8-17(21)10-13-23(28)29/h1,7,11-12,14-15H,4-6,8-10,13,16H2,2H3,(H,27,30)(H,28,29)/b18-7+,26-15-. The van der Waals surface area contributed by atoms with E-state index in [-0.39, 0.29) is 19.1 Å². The molecule has 0 atom stereocenters. The molecule has 1 aromatic rings. The lowest BCUT2D eigenvalue weighted by Crippen LogP contribution is -2.18. The molecule has 0 aromatic heterocycles. The number of anilines is 1. The molecule has 2 N–H and O–H groups in total. The predicted octanol–water partition coefficient (Wildman–Crippen LogP) is 5.10. The Balaban J connectivity index is 2.21. The number of rotatable bonds is 10. The number of amides is 1. The topological polar surface area (TPSA) is 88.0 Å². The number of hydrogen-bond acceptors (Lipinski definition) is 4. The zero-order valence-corrected chi connectivity index (χ0v) is 18.4. The van der Waals surface area contributed by atoms with E-state index in [4.69, 9.17) is 27.9 Å². The van der Waals surface area contributed by atoms with Gasteiger partial charge in [0.2, 0.25) is 0 Å². The molecule has 1 aromatic carbocycles. The Labute approximate surface area is 188 Å². The average molecular weight is 443 g/mol. The third kappa shape index (κ3) is 7.71. The van der Waals surface area contributed by atoms with Crippen molar-refractivity contribution in [3.05, 3.63) is 46.0 Å². The molecular formula is C24H27ClN2O4. The summed E-state index contributed by atoms with van der Waals surface area (Å²) in [5.41, 5.74) is 3.70. The normalized spacial score (nSPS) is 14.5. The Hall–Kier alpha value is -2.88. The SMILES string of the molecule is C#CC/C=C(\C=N/COC)c1ccc(NC(=O)C2=C(CCC(=O)O)CCCC2)cc1Cl. The minimum Gasteiger partial charge on any atom is -0.481 e. The van der Waals surface area contributed by atoms with Gasteiger partial charge in [0.25, 0.3) is 5.91 Å². The van der Waals surface area contributed by atoms with Crippen LogP contribution in [0.2, 0.25) is 5.02 Å². The molecule has 31 heavy (non-hydrogen) atoms. The summed E-state index contributed by atoms with van der Waals surface area (Å²) in [6.45, 7) is 0.221. The lowest BCUT2D eigenvalue weighted by atomic mass is 9.88. The summed E-state index contributed by atoms with van der Waals surface area (Å²) >= 11 is 6.48. The fourth-order valence-corrected chi connectivity index (χ4v) is 3.71. The van der Waals surface area contributed by atoms with Crippen LogP contribution in [0.3, 0.4) is 0 Å². The van der Waals surface area contributed by atoms with Gasteiger partial charge in [-0.15, -0.1) is 12.3 Å². The van der Waals surface area contributed by atoms with E-state index in [0.29, 0.717) is 35.5 Å². The van der Waals surface area contributed by atoms with Gasteiger partial charge in [-0.3, -0.25) is 14.6 Å². The zero-order valence-electron chi connectivity index (χ0n) is 17.6. The first kappa shape index (κ1) is 24.4. The van der Waals surface area contributed by atoms with E-state index in [1.165, 1.54) is 0 Å². The molecule has 0 radical (unpaired) electrons. The van der Waals surface area contributed by atoms with Gasteiger partial charge in [0, 0.05) is 43.0 Å². The lowest BCUT2D eigenvalue weighted by molar-refractivity contribution is -0.137. The highest BCUT2D eigenvalue weighted by molar-refractivity contribution is 6.34. The van der Waals surface area contributed by atoms with E-state index in [1.54, 1.807) is 31.5 Å². The maximum absolute atomic E-state index is 12.8. The fourth-order valence-electron chi connectivity index (χ4n) is 3.42. The Morgan fingerprint density at radius 2 is 2.13 bits per heavy atom. The highest BCUT2D eigenvalue weighted by atomic mass is 35.5. The number of carbonyl (C=O) groups excluding carboxylic acids is 1. The molecule has 0 bridgehead atoms. The summed E-state index contributed by atoms with van der Waals surface area (Å²) in [5.74, 6) is 1.50. The predicted molar refractivity (Wildman–Crippen MR) is 124 cm³/mol. The second-order valence-electron chi connectivity index (χ2n) is 7.13. The number of aliphatic imine (C=N–C) groups is 1. The Morgan fingerprint density at radius 3 is 2.81 bits per heavy atom. The van der Waals surface area contributed by atoms with Gasteiger partial charge in [-0.1, -0.05) is 29.3 Å². The molecule has 0 unspecified atom stereocenters. The first-order valence-corrected chi connectivity index (χ1v) is 10.5. The fraction of sp³-hybridized carbons (Fsp3) is 0.375. The van der Waals surface area contributed by atoms with Crippen LogP contribution in [-0.4, -0.2) is 37.0 Å². The van der Waals surface area contributed by atoms with E-state index in [1.807, 2.05) is 6.08 Å². The van der Waals surface area contributed by atoms with Crippen molar-refractivity contribution in [1.29, 1.82) is 0 Å². The van der Waals surface area contributed by atoms with Gasteiger partial charge in [-0.05, 0) is 49.8 Å². The minimum absolute atomic E-state index is 0.0318. The molecule has 7 heteroatoms. The van der Waals surface area contributed by atoms with Crippen molar-refractivity contribution in [1.82, 2.24) is 0 Å². The molecule has 1 aliphatic rings. The summed E-state index contributed by atoms with van der Waals surface area (Å²) in [5, 5.41) is 12.3. The number of carboxylic acids is 1. The van der Waals surface area contributed by atoms with Crippen LogP contribution in [0.4, 0.5) is 5.69 Å². The van der Waals surface area contributed by atoms with E-state index in [0.717, 1.165) is 36.0 Å². The molecule has 0 aliphatic heterocycles. The summed E-state index contributed by atoms with van der Waals surface area (Å²) < 4.78 is 4.94. The number of benzene rings is 1. The molecule has 1 amide bonds. The number of ether oxygens (including phenoxy) is 1. The number of hydrogen-bond donors (Lipinski definition) is 2. The number of carbonyl (C=O) groups is 2. The molecule has 0 heterocycles. The van der Waals surface area contributed by atoms with Gasteiger partial charge >= 0.3 is 5.97 Å². The van der Waals surface area contributed by atoms with Gasteiger partial charge in [-0.25, -0.2) is 0 Å². The second kappa shape index (κ2) is 12.7. The molecular weight excluding hydrogens is 416 g/mol. The number of nitrogens with zero attached hydrogens (tertiary/aromatic N) is 1. The van der Waals surface area contributed by atoms with Crippen molar-refractivity contribution < 1.29 is 19.4 Å². The highest BCUT2D eigenvalue weighted by Crippen LogP contribution is 2.30. The van der Waals surface area contributed by atoms with Crippen molar-refractivity contribution in [3.8, 4) is 12.3 Å². The summed E-state index contributed by atoms with van der Waals surface area (Å²) in [4.78, 5) is 27.9. The van der Waals surface area contributed by atoms with E-state index < -0.39 is 5.97 Å². The smallest absolute Gasteiger partial charge is 0.303 e. The zero-order chi connectivity index (χ0) is 22.6. The number of aliphatic carboxylic acids is 1. The van der Waals surface area contributed by atoms with Crippen LogP contribution in [0.1, 0.15) is 50.5 Å². The second-order valence-corrected chi connectivity index (χ2v) is 7.54. The van der Waals surface area contributed by atoms with Gasteiger partial charge in [-0.2, -0.15) is 0 Å². The third-order valence-electron chi connectivity index (χ3n) is 4.91. The number of carboxylic acid groups (broad SMARTS) is 1. The summed E-state index contributed by atoms with van der Waals surface area (Å²) in [6, 6.07) is 5.26. The molecule has 0 saturated carbocycles. The van der Waals surface area contributed by atoms with E-state index in [2.05, 4.69) is 16.2 Å². The number of nitrogens with one attached hydrogen (secondary N) is 1. The van der Waals surface area contributed by atoms with Gasteiger partial charge in [0.1, 0.15) is 6.73 Å². The van der Waals surface area contributed by atoms with Crippen molar-refractivity contribution in [3.63, 3.8) is 0 Å². The van der Waals surface area contributed by atoms with Gasteiger partial charge in [0.05, 0.1) is 5.02 Å². The summed E-state index contributed by atoms with van der Waals surface area (Å²) in [7, 11) is 1.56. The number of allylic oxidation sites excluding steroid dienone is 3. The van der Waals surface area contributed by atoms with E-state index in [9.17, 15) is 9.59 Å². The Kier molecular flexibility index (Phi) is 10.0. The minimum atomic E-state index is -0.858. The van der Waals surface area contributed by atoms with Crippen molar-refractivity contribution in [2.45, 2.75) is 44.9 Å². The lowest BCUT2D eigenvalue weighted by Gasteiger charge is -2.20. The third-order valence-corrected chi connectivity index (χ3v) is 5.22. The Bertz CT molecular complexity index is 941. The van der Waals surface area contributed by atoms with Gasteiger partial charge in [0.15, 0.2) is 0 Å². The van der Waals surface area contributed by atoms with Crippen molar-refractivity contribution >= 4 is 41.0 Å². The molecule has 1 aliphatic carbocycles. The van der Waals surface area contributed by atoms with Crippen LogP contribution < -0.4 is 5.32 Å². The van der Waals surface area contributed by atoms with Crippen LogP contribution in [0.25, 0.3) is 5.57 Å². The van der Waals surface area contributed by atoms with Crippen LogP contribution in [0.5, 0.6) is 0 Å². The molecule has 0 fully saturated rings. The largest absolute Gasteiger partial charge is 0.481 e. The maximum atomic E-state index is 12.8. The maximum Gasteiger partial charge on any atom is 0.303 e. The van der Waals surface area contributed by atoms with Crippen LogP contribution in [0.15, 0.2) is 40.4 Å². The van der Waals surface area contributed by atoms with Crippen molar-refractivity contribution in [2.75, 3.05) is 19.2 Å². The van der Waals surface area contributed by atoms with Crippen LogP contribution >= 0.6 is 11.6 Å². The Morgan fingerprint density at radius 1 is 1.35 bits per heavy atom. The highest BCUT2D eigenvalue weighted by Gasteiger charge is 2.20. The molecule has 2 rings (SSSR count).